The van der Waals surface area contributed by atoms with E-state index in [4.69, 9.17) is 12.2 Å². The van der Waals surface area contributed by atoms with Crippen molar-refractivity contribution < 1.29 is 26.5 Å². The molecule has 90 valence electrons. The van der Waals surface area contributed by atoms with E-state index < -0.39 is 0 Å². The van der Waals surface area contributed by atoms with E-state index in [0.29, 0.717) is 4.32 Å². The van der Waals surface area contributed by atoms with Gasteiger partial charge in [0.2, 0.25) is 0 Å². The van der Waals surface area contributed by atoms with Gasteiger partial charge in [-0.1, -0.05) is 43.8 Å². The molecular formula is C11H17MoNOS2. The Morgan fingerprint density at radius 1 is 1.38 bits per heavy atom. The zero-order chi connectivity index (χ0) is 10.4. The number of hydrogen-bond donors (Lipinski definition) is 2. The second kappa shape index (κ2) is 10.3. The number of nitrogens with one attached hydrogen (secondary N) is 1. The van der Waals surface area contributed by atoms with E-state index in [-0.39, 0.29) is 26.5 Å². The summed E-state index contributed by atoms with van der Waals surface area (Å²) in [7, 11) is 0. The molecule has 0 saturated heterocycles. The largest absolute Gasteiger partial charge is 0.412 e. The minimum Gasteiger partial charge on any atom is -0.412 e. The number of thiol groups is 1. The fourth-order valence-electron chi connectivity index (χ4n) is 1.34. The molecule has 3 N–H and O–H groups in total. The minimum absolute atomic E-state index is 0. The zero-order valence-corrected chi connectivity index (χ0v) is 12.9. The van der Waals surface area contributed by atoms with Gasteiger partial charge in [-0.15, -0.1) is 12.6 Å². The molecule has 0 radical (unpaired) electrons. The van der Waals surface area contributed by atoms with Crippen LogP contribution in [0.25, 0.3) is 0 Å². The third-order valence-electron chi connectivity index (χ3n) is 2.06. The van der Waals surface area contributed by atoms with E-state index >= 15 is 0 Å². The summed E-state index contributed by atoms with van der Waals surface area (Å²) < 4.78 is 0.522. The monoisotopic (exact) mass is 341 g/mol. The molecule has 0 amide bonds. The Balaban J connectivity index is 0. The number of aryl methyl sites for hydroxylation is 1. The minimum atomic E-state index is 0. The SMILES string of the molecule is CCCCc1ccccc1NC(=S)S.O.[Mo]. The molecule has 0 aliphatic heterocycles. The second-order valence-corrected chi connectivity index (χ2v) is 4.35. The van der Waals surface area contributed by atoms with Gasteiger partial charge in [-0.2, -0.15) is 0 Å². The van der Waals surface area contributed by atoms with Crippen LogP contribution in [-0.2, 0) is 27.5 Å². The van der Waals surface area contributed by atoms with E-state index in [0.717, 1.165) is 12.1 Å². The van der Waals surface area contributed by atoms with E-state index in [9.17, 15) is 0 Å². The van der Waals surface area contributed by atoms with Crippen molar-refractivity contribution in [2.45, 2.75) is 26.2 Å². The summed E-state index contributed by atoms with van der Waals surface area (Å²) in [5.74, 6) is 0. The molecule has 0 aromatic heterocycles. The van der Waals surface area contributed by atoms with Crippen LogP contribution in [0.1, 0.15) is 25.3 Å². The summed E-state index contributed by atoms with van der Waals surface area (Å²) in [6.45, 7) is 2.19. The number of rotatable bonds is 4. The molecule has 0 saturated carbocycles. The number of thiocarbonyl (C=S) groups is 1. The van der Waals surface area contributed by atoms with Crippen molar-refractivity contribution in [3.05, 3.63) is 29.8 Å². The summed E-state index contributed by atoms with van der Waals surface area (Å²) in [6.07, 6.45) is 3.51. The van der Waals surface area contributed by atoms with Crippen molar-refractivity contribution in [3.8, 4) is 0 Å². The Labute approximate surface area is 122 Å². The van der Waals surface area contributed by atoms with Gasteiger partial charge in [0, 0.05) is 26.8 Å². The van der Waals surface area contributed by atoms with Crippen LogP contribution >= 0.6 is 24.8 Å². The van der Waals surface area contributed by atoms with Crippen LogP contribution in [0.4, 0.5) is 5.69 Å². The molecule has 0 aliphatic rings. The van der Waals surface area contributed by atoms with Gasteiger partial charge in [0.05, 0.1) is 0 Å². The first kappa shape index (κ1) is 18.5. The quantitative estimate of drug-likeness (QED) is 0.503. The Morgan fingerprint density at radius 2 is 2.00 bits per heavy atom. The van der Waals surface area contributed by atoms with E-state index in [2.05, 4.69) is 37.0 Å². The first-order chi connectivity index (χ1) is 6.74. The third-order valence-corrected chi connectivity index (χ3v) is 2.27. The summed E-state index contributed by atoms with van der Waals surface area (Å²) >= 11 is 8.97. The Bertz CT molecular complexity index is 321. The molecule has 1 aromatic carbocycles. The Kier molecular flexibility index (Phi) is 11.9. The van der Waals surface area contributed by atoms with Crippen molar-refractivity contribution in [2.24, 2.45) is 0 Å². The van der Waals surface area contributed by atoms with Crippen LogP contribution < -0.4 is 5.32 Å². The van der Waals surface area contributed by atoms with Crippen LogP contribution in [0, 0.1) is 0 Å². The van der Waals surface area contributed by atoms with Gasteiger partial charge in [0.25, 0.3) is 0 Å². The van der Waals surface area contributed by atoms with E-state index in [1.165, 1.54) is 18.4 Å². The molecule has 0 bridgehead atoms. The number of hydrogen-bond acceptors (Lipinski definition) is 1. The number of para-hydroxylation sites is 1. The van der Waals surface area contributed by atoms with Gasteiger partial charge >= 0.3 is 0 Å². The summed E-state index contributed by atoms with van der Waals surface area (Å²) in [6, 6.07) is 8.22. The second-order valence-electron chi connectivity index (χ2n) is 3.19. The van der Waals surface area contributed by atoms with Crippen LogP contribution in [0.3, 0.4) is 0 Å². The molecule has 1 rings (SSSR count). The fraction of sp³-hybridized carbons (Fsp3) is 0.364. The predicted molar refractivity (Wildman–Crippen MR) is 73.9 cm³/mol. The average molecular weight is 339 g/mol. The standard InChI is InChI=1S/C11H15NS2.Mo.H2O/c1-2-3-6-9-7-4-5-8-10(9)12-11(13)14;;/h4-5,7-8H,2-3,6H2,1H3,(H2,12,13,14);;1H2. The molecule has 0 spiro atoms. The Morgan fingerprint density at radius 3 is 2.56 bits per heavy atom. The fourth-order valence-corrected chi connectivity index (χ4v) is 1.57. The van der Waals surface area contributed by atoms with Crippen molar-refractivity contribution in [2.75, 3.05) is 5.32 Å². The number of unbranched alkanes of at least 4 members (excludes halogenated alkanes) is 1. The van der Waals surface area contributed by atoms with Gasteiger partial charge < -0.3 is 10.8 Å². The molecule has 0 unspecified atom stereocenters. The average Bonchev–Trinajstić information content (AvgIpc) is 2.16. The molecule has 0 fully saturated rings. The summed E-state index contributed by atoms with van der Waals surface area (Å²) in [4.78, 5) is 0. The molecule has 0 atom stereocenters. The molecule has 0 heterocycles. The topological polar surface area (TPSA) is 43.5 Å². The first-order valence-electron chi connectivity index (χ1n) is 4.82. The maximum Gasteiger partial charge on any atom is 0.135 e. The van der Waals surface area contributed by atoms with Gasteiger partial charge in [-0.25, -0.2) is 0 Å². The molecule has 16 heavy (non-hydrogen) atoms. The van der Waals surface area contributed by atoms with Gasteiger partial charge in [-0.05, 0) is 24.5 Å². The van der Waals surface area contributed by atoms with Crippen LogP contribution in [0.2, 0.25) is 0 Å². The molecule has 0 aliphatic carbocycles. The van der Waals surface area contributed by atoms with Crippen molar-refractivity contribution in [1.29, 1.82) is 0 Å². The van der Waals surface area contributed by atoms with Gasteiger partial charge in [0.15, 0.2) is 0 Å². The maximum atomic E-state index is 4.90. The van der Waals surface area contributed by atoms with E-state index in [1.807, 2.05) is 12.1 Å². The van der Waals surface area contributed by atoms with Gasteiger partial charge in [-0.3, -0.25) is 0 Å². The molecule has 2 nitrogen and oxygen atoms in total. The van der Waals surface area contributed by atoms with Crippen molar-refractivity contribution >= 4 is 34.9 Å². The van der Waals surface area contributed by atoms with Gasteiger partial charge in [0.1, 0.15) is 4.32 Å². The van der Waals surface area contributed by atoms with E-state index in [1.54, 1.807) is 0 Å². The van der Waals surface area contributed by atoms with Crippen molar-refractivity contribution in [1.82, 2.24) is 0 Å². The normalized spacial score (nSPS) is 8.62. The zero-order valence-electron chi connectivity index (χ0n) is 9.19. The third kappa shape index (κ3) is 6.64. The number of benzene rings is 1. The van der Waals surface area contributed by atoms with Crippen LogP contribution in [-0.4, -0.2) is 9.80 Å². The number of anilines is 1. The molecule has 5 heteroatoms. The summed E-state index contributed by atoms with van der Waals surface area (Å²) in [5, 5.41) is 3.08. The maximum absolute atomic E-state index is 4.90. The molecule has 1 aromatic rings. The first-order valence-corrected chi connectivity index (χ1v) is 5.67. The molecular weight excluding hydrogens is 322 g/mol. The Hall–Kier alpha value is 0.108. The predicted octanol–water partition coefficient (Wildman–Crippen LogP) is 2.83. The summed E-state index contributed by atoms with van der Waals surface area (Å²) in [5.41, 5.74) is 2.40. The van der Waals surface area contributed by atoms with Crippen molar-refractivity contribution in [3.63, 3.8) is 0 Å². The van der Waals surface area contributed by atoms with Crippen LogP contribution in [0.5, 0.6) is 0 Å². The van der Waals surface area contributed by atoms with Crippen LogP contribution in [0.15, 0.2) is 24.3 Å². The smallest absolute Gasteiger partial charge is 0.135 e.